The van der Waals surface area contributed by atoms with Crippen molar-refractivity contribution in [2.75, 3.05) is 23.9 Å². The summed E-state index contributed by atoms with van der Waals surface area (Å²) in [5, 5.41) is 3.01. The number of hydrogen-bond donors (Lipinski definition) is 1. The number of amides is 1. The number of hydrogen-bond acceptors (Lipinski definition) is 3. The Morgan fingerprint density at radius 3 is 2.30 bits per heavy atom. The molecule has 0 bridgehead atoms. The molecule has 5 heteroatoms. The number of rotatable bonds is 7. The van der Waals surface area contributed by atoms with Gasteiger partial charge in [-0.25, -0.2) is 0 Å². The van der Waals surface area contributed by atoms with Gasteiger partial charge in [0.2, 0.25) is 5.91 Å². The topological polar surface area (TPSA) is 41.6 Å². The molecule has 4 nitrogen and oxygen atoms in total. The largest absolute Gasteiger partial charge is 0.497 e. The molecule has 138 valence electrons. The fourth-order valence-corrected chi connectivity index (χ4v) is 3.28. The van der Waals surface area contributed by atoms with Crippen molar-refractivity contribution in [3.63, 3.8) is 0 Å². The number of carbonyl (C=O) groups is 1. The van der Waals surface area contributed by atoms with Gasteiger partial charge >= 0.3 is 0 Å². The van der Waals surface area contributed by atoms with E-state index >= 15 is 0 Å². The molecule has 3 rings (SSSR count). The van der Waals surface area contributed by atoms with Gasteiger partial charge in [-0.3, -0.25) is 4.79 Å². The van der Waals surface area contributed by atoms with Crippen LogP contribution < -0.4 is 15.0 Å². The monoisotopic (exact) mass is 472 g/mol. The highest BCUT2D eigenvalue weighted by molar-refractivity contribution is 14.1. The molecular weight excluding hydrogens is 451 g/mol. The van der Waals surface area contributed by atoms with Crippen molar-refractivity contribution in [1.29, 1.82) is 0 Å². The van der Waals surface area contributed by atoms with E-state index in [9.17, 15) is 4.79 Å². The molecule has 0 fully saturated rings. The third-order valence-corrected chi connectivity index (χ3v) is 5.08. The van der Waals surface area contributed by atoms with Crippen LogP contribution in [-0.4, -0.2) is 19.6 Å². The second-order valence-electron chi connectivity index (χ2n) is 6.07. The first-order chi connectivity index (χ1) is 13.2. The molecule has 0 saturated heterocycles. The summed E-state index contributed by atoms with van der Waals surface area (Å²) in [6, 6.07) is 25.7. The first-order valence-corrected chi connectivity index (χ1v) is 9.71. The van der Waals surface area contributed by atoms with Gasteiger partial charge in [0.1, 0.15) is 5.75 Å². The summed E-state index contributed by atoms with van der Waals surface area (Å²) in [5.74, 6) is 0.743. The van der Waals surface area contributed by atoms with Crippen LogP contribution in [0.25, 0.3) is 0 Å². The zero-order chi connectivity index (χ0) is 19.1. The SMILES string of the molecule is COc1ccc(N(CC(=O)Nc2ccccc2I)Cc2ccccc2)cc1. The van der Waals surface area contributed by atoms with Crippen LogP contribution in [0, 0.1) is 3.57 Å². The van der Waals surface area contributed by atoms with Gasteiger partial charge in [0, 0.05) is 15.8 Å². The van der Waals surface area contributed by atoms with Gasteiger partial charge in [-0.15, -0.1) is 0 Å². The van der Waals surface area contributed by atoms with E-state index in [1.54, 1.807) is 7.11 Å². The van der Waals surface area contributed by atoms with Crippen molar-refractivity contribution in [2.24, 2.45) is 0 Å². The summed E-state index contributed by atoms with van der Waals surface area (Å²) in [7, 11) is 1.64. The predicted octanol–water partition coefficient (Wildman–Crippen LogP) is 4.95. The molecule has 0 saturated carbocycles. The molecule has 1 N–H and O–H groups in total. The molecule has 0 heterocycles. The Hall–Kier alpha value is -2.54. The van der Waals surface area contributed by atoms with E-state index in [2.05, 4.69) is 44.9 Å². The minimum absolute atomic E-state index is 0.0501. The van der Waals surface area contributed by atoms with Crippen molar-refractivity contribution in [1.82, 2.24) is 0 Å². The smallest absolute Gasteiger partial charge is 0.243 e. The van der Waals surface area contributed by atoms with Crippen LogP contribution in [0.15, 0.2) is 78.9 Å². The van der Waals surface area contributed by atoms with E-state index in [0.717, 1.165) is 26.3 Å². The van der Waals surface area contributed by atoms with Gasteiger partial charge in [-0.1, -0.05) is 42.5 Å². The van der Waals surface area contributed by atoms with Crippen molar-refractivity contribution >= 4 is 39.9 Å². The lowest BCUT2D eigenvalue weighted by atomic mass is 10.2. The van der Waals surface area contributed by atoms with E-state index in [1.165, 1.54) is 0 Å². The minimum atomic E-state index is -0.0501. The summed E-state index contributed by atoms with van der Waals surface area (Å²) in [4.78, 5) is 14.7. The maximum atomic E-state index is 12.7. The standard InChI is InChI=1S/C22H21IN2O2/c1-27-19-13-11-18(12-14-19)25(15-17-7-3-2-4-8-17)16-22(26)24-21-10-6-5-9-20(21)23/h2-14H,15-16H2,1H3,(H,24,26). The van der Waals surface area contributed by atoms with Crippen LogP contribution >= 0.6 is 22.6 Å². The number of methoxy groups -OCH3 is 1. The van der Waals surface area contributed by atoms with Crippen molar-refractivity contribution in [2.45, 2.75) is 6.54 Å². The number of nitrogens with zero attached hydrogens (tertiary/aromatic N) is 1. The molecule has 0 aromatic heterocycles. The summed E-state index contributed by atoms with van der Waals surface area (Å²) in [5.41, 5.74) is 2.95. The Labute approximate surface area is 173 Å². The van der Waals surface area contributed by atoms with Gasteiger partial charge in [-0.05, 0) is 64.6 Å². The highest BCUT2D eigenvalue weighted by Gasteiger charge is 2.14. The molecule has 0 aliphatic rings. The van der Waals surface area contributed by atoms with Gasteiger partial charge in [0.25, 0.3) is 0 Å². The van der Waals surface area contributed by atoms with E-state index < -0.39 is 0 Å². The van der Waals surface area contributed by atoms with Crippen LogP contribution in [-0.2, 0) is 11.3 Å². The van der Waals surface area contributed by atoms with Gasteiger partial charge < -0.3 is 15.0 Å². The molecule has 0 aliphatic heterocycles. The molecule has 3 aromatic rings. The minimum Gasteiger partial charge on any atom is -0.497 e. The number of benzene rings is 3. The number of anilines is 2. The number of carbonyl (C=O) groups excluding carboxylic acids is 1. The first kappa shape index (κ1) is 19.2. The number of nitrogens with one attached hydrogen (secondary N) is 1. The molecule has 0 spiro atoms. The molecule has 3 aromatic carbocycles. The number of para-hydroxylation sites is 1. The van der Waals surface area contributed by atoms with E-state index in [4.69, 9.17) is 4.74 Å². The maximum absolute atomic E-state index is 12.7. The average Bonchev–Trinajstić information content (AvgIpc) is 2.70. The molecule has 0 atom stereocenters. The Balaban J connectivity index is 1.78. The van der Waals surface area contributed by atoms with Crippen LogP contribution in [0.2, 0.25) is 0 Å². The summed E-state index contributed by atoms with van der Waals surface area (Å²) >= 11 is 2.22. The fraction of sp³-hybridized carbons (Fsp3) is 0.136. The molecule has 1 amide bonds. The quantitative estimate of drug-likeness (QED) is 0.496. The lowest BCUT2D eigenvalue weighted by Crippen LogP contribution is -2.33. The van der Waals surface area contributed by atoms with Gasteiger partial charge in [0.15, 0.2) is 0 Å². The summed E-state index contributed by atoms with van der Waals surface area (Å²) < 4.78 is 6.26. The zero-order valence-corrected chi connectivity index (χ0v) is 17.2. The lowest BCUT2D eigenvalue weighted by Gasteiger charge is -2.25. The van der Waals surface area contributed by atoms with Crippen LogP contribution in [0.1, 0.15) is 5.56 Å². The third kappa shape index (κ3) is 5.47. The van der Waals surface area contributed by atoms with E-state index in [0.29, 0.717) is 6.54 Å². The Morgan fingerprint density at radius 2 is 1.63 bits per heavy atom. The molecule has 0 aliphatic carbocycles. The molecule has 0 unspecified atom stereocenters. The average molecular weight is 472 g/mol. The van der Waals surface area contributed by atoms with Crippen LogP contribution in [0.5, 0.6) is 5.75 Å². The maximum Gasteiger partial charge on any atom is 0.243 e. The fourth-order valence-electron chi connectivity index (χ4n) is 2.76. The van der Waals surface area contributed by atoms with E-state index in [1.807, 2.05) is 66.7 Å². The second-order valence-corrected chi connectivity index (χ2v) is 7.23. The van der Waals surface area contributed by atoms with E-state index in [-0.39, 0.29) is 12.5 Å². The second kappa shape index (κ2) is 9.41. The van der Waals surface area contributed by atoms with Crippen molar-refractivity contribution in [3.05, 3.63) is 88.0 Å². The van der Waals surface area contributed by atoms with Crippen LogP contribution in [0.3, 0.4) is 0 Å². The highest BCUT2D eigenvalue weighted by Crippen LogP contribution is 2.22. The molecule has 0 radical (unpaired) electrons. The Morgan fingerprint density at radius 1 is 0.963 bits per heavy atom. The molecular formula is C22H21IN2O2. The summed E-state index contributed by atoms with van der Waals surface area (Å²) in [6.45, 7) is 0.901. The Bertz CT molecular complexity index is 882. The Kier molecular flexibility index (Phi) is 6.70. The number of ether oxygens (including phenoxy) is 1. The van der Waals surface area contributed by atoms with Crippen LogP contribution in [0.4, 0.5) is 11.4 Å². The lowest BCUT2D eigenvalue weighted by molar-refractivity contribution is -0.115. The highest BCUT2D eigenvalue weighted by atomic mass is 127. The first-order valence-electron chi connectivity index (χ1n) is 8.63. The summed E-state index contributed by atoms with van der Waals surface area (Å²) in [6.07, 6.45) is 0. The van der Waals surface area contributed by atoms with Crippen molar-refractivity contribution < 1.29 is 9.53 Å². The van der Waals surface area contributed by atoms with Crippen molar-refractivity contribution in [3.8, 4) is 5.75 Å². The van der Waals surface area contributed by atoms with Gasteiger partial charge in [0.05, 0.1) is 19.3 Å². The zero-order valence-electron chi connectivity index (χ0n) is 15.1. The normalized spacial score (nSPS) is 10.3. The number of halogens is 1. The third-order valence-electron chi connectivity index (χ3n) is 4.14. The molecule has 27 heavy (non-hydrogen) atoms. The van der Waals surface area contributed by atoms with Gasteiger partial charge in [-0.2, -0.15) is 0 Å². The predicted molar refractivity (Wildman–Crippen MR) is 118 cm³/mol.